The molecule has 1 aliphatic heterocycles. The molecule has 1 fully saturated rings. The molecule has 7 nitrogen and oxygen atoms in total. The lowest BCUT2D eigenvalue weighted by Crippen LogP contribution is -2.55. The third-order valence-electron chi connectivity index (χ3n) is 2.87. The van der Waals surface area contributed by atoms with E-state index in [-0.39, 0.29) is 6.42 Å². The van der Waals surface area contributed by atoms with Crippen LogP contribution in [0.15, 0.2) is 0 Å². The van der Waals surface area contributed by atoms with Crippen molar-refractivity contribution in [2.45, 2.75) is 50.9 Å². The average Bonchev–Trinajstić information content (AvgIpc) is 2.28. The molecule has 1 saturated heterocycles. The van der Waals surface area contributed by atoms with Crippen molar-refractivity contribution < 1.29 is 32.6 Å². The Morgan fingerprint density at radius 1 is 1.37 bits per heavy atom. The lowest BCUT2D eigenvalue weighted by molar-refractivity contribution is -0.198. The van der Waals surface area contributed by atoms with E-state index in [4.69, 9.17) is 4.74 Å². The van der Waals surface area contributed by atoms with Crippen LogP contribution in [0, 0.1) is 0 Å². The number of carbonyl (C=O) groups excluding carboxylic acids is 1. The zero-order valence-corrected chi connectivity index (χ0v) is 11.4. The Morgan fingerprint density at radius 3 is 2.47 bits per heavy atom. The van der Waals surface area contributed by atoms with E-state index in [2.05, 4.69) is 0 Å². The van der Waals surface area contributed by atoms with E-state index in [0.717, 1.165) is 6.92 Å². The largest absolute Gasteiger partial charge is 0.387 e. The molecule has 9 heteroatoms. The van der Waals surface area contributed by atoms with Crippen LogP contribution in [0.4, 0.5) is 4.39 Å². The molecule has 0 aromatic heterocycles. The number of aliphatic hydroxyl groups is 2. The van der Waals surface area contributed by atoms with Crippen LogP contribution in [0.3, 0.4) is 0 Å². The van der Waals surface area contributed by atoms with Gasteiger partial charge in [-0.25, -0.2) is 12.8 Å². The minimum Gasteiger partial charge on any atom is -0.387 e. The number of aliphatic hydroxyl groups excluding tert-OH is 2. The van der Waals surface area contributed by atoms with E-state index < -0.39 is 52.3 Å². The average molecular weight is 299 g/mol. The van der Waals surface area contributed by atoms with Crippen molar-refractivity contribution in [3.8, 4) is 0 Å². The van der Waals surface area contributed by atoms with E-state index in [0.29, 0.717) is 0 Å². The highest BCUT2D eigenvalue weighted by Gasteiger charge is 2.43. The molecule has 0 bridgehead atoms. The lowest BCUT2D eigenvalue weighted by atomic mass is 9.95. The SMILES string of the molecule is CC(=O)NS(=O)(=O)CCC1OC(C)[C@@H](O)C(F)[C@@H]1O. The molecule has 3 unspecified atom stereocenters. The van der Waals surface area contributed by atoms with Crippen LogP contribution < -0.4 is 4.72 Å². The molecular weight excluding hydrogens is 281 g/mol. The van der Waals surface area contributed by atoms with Crippen molar-refractivity contribution in [1.29, 1.82) is 0 Å². The van der Waals surface area contributed by atoms with Crippen LogP contribution in [0.5, 0.6) is 0 Å². The Morgan fingerprint density at radius 2 is 1.95 bits per heavy atom. The van der Waals surface area contributed by atoms with Crippen molar-refractivity contribution in [2.75, 3.05) is 5.75 Å². The summed E-state index contributed by atoms with van der Waals surface area (Å²) in [5.41, 5.74) is 0. The van der Waals surface area contributed by atoms with Gasteiger partial charge >= 0.3 is 0 Å². The highest BCUT2D eigenvalue weighted by atomic mass is 32.2. The van der Waals surface area contributed by atoms with Gasteiger partial charge in [-0.15, -0.1) is 0 Å². The van der Waals surface area contributed by atoms with Gasteiger partial charge in [0.2, 0.25) is 15.9 Å². The van der Waals surface area contributed by atoms with Gasteiger partial charge in [0.25, 0.3) is 0 Å². The van der Waals surface area contributed by atoms with Crippen molar-refractivity contribution in [3.05, 3.63) is 0 Å². The molecule has 112 valence electrons. The highest BCUT2D eigenvalue weighted by molar-refractivity contribution is 7.90. The molecule has 1 heterocycles. The molecule has 3 N–H and O–H groups in total. The summed E-state index contributed by atoms with van der Waals surface area (Å²) in [6, 6.07) is 0. The third-order valence-corrected chi connectivity index (χ3v) is 4.25. The molecule has 19 heavy (non-hydrogen) atoms. The second kappa shape index (κ2) is 6.12. The molecule has 1 aliphatic rings. The van der Waals surface area contributed by atoms with Gasteiger partial charge < -0.3 is 14.9 Å². The van der Waals surface area contributed by atoms with E-state index >= 15 is 0 Å². The second-order valence-electron chi connectivity index (χ2n) is 4.57. The van der Waals surface area contributed by atoms with Crippen LogP contribution in [-0.4, -0.2) is 60.9 Å². The Kier molecular flexibility index (Phi) is 5.25. The summed E-state index contributed by atoms with van der Waals surface area (Å²) in [6.45, 7) is 2.48. The van der Waals surface area contributed by atoms with Crippen LogP contribution in [-0.2, 0) is 19.6 Å². The molecule has 0 aromatic rings. The van der Waals surface area contributed by atoms with Crippen LogP contribution >= 0.6 is 0 Å². The van der Waals surface area contributed by atoms with E-state index in [9.17, 15) is 27.8 Å². The molecule has 0 spiro atoms. The van der Waals surface area contributed by atoms with Crippen LogP contribution in [0.25, 0.3) is 0 Å². The number of sulfonamides is 1. The maximum Gasteiger partial charge on any atom is 0.234 e. The minimum atomic E-state index is -3.83. The fourth-order valence-corrected chi connectivity index (χ4v) is 2.97. The number of amides is 1. The highest BCUT2D eigenvalue weighted by Crippen LogP contribution is 2.25. The molecule has 5 atom stereocenters. The Bertz CT molecular complexity index is 428. The lowest BCUT2D eigenvalue weighted by Gasteiger charge is -2.38. The molecule has 0 radical (unpaired) electrons. The van der Waals surface area contributed by atoms with E-state index in [1.165, 1.54) is 6.92 Å². The van der Waals surface area contributed by atoms with Gasteiger partial charge in [-0.05, 0) is 13.3 Å². The molecule has 1 amide bonds. The summed E-state index contributed by atoms with van der Waals surface area (Å²) in [5.74, 6) is -1.21. The smallest absolute Gasteiger partial charge is 0.234 e. The number of nitrogens with one attached hydrogen (secondary N) is 1. The summed E-state index contributed by atoms with van der Waals surface area (Å²) in [5, 5.41) is 18.9. The van der Waals surface area contributed by atoms with Gasteiger partial charge in [0.15, 0.2) is 6.17 Å². The first-order chi connectivity index (χ1) is 8.64. The minimum absolute atomic E-state index is 0.179. The van der Waals surface area contributed by atoms with Gasteiger partial charge in [-0.3, -0.25) is 9.52 Å². The fourth-order valence-electron chi connectivity index (χ4n) is 1.88. The maximum absolute atomic E-state index is 13.5. The molecule has 0 aliphatic carbocycles. The van der Waals surface area contributed by atoms with Gasteiger partial charge in [-0.2, -0.15) is 0 Å². The monoisotopic (exact) mass is 299 g/mol. The zero-order chi connectivity index (χ0) is 14.8. The standard InChI is InChI=1S/C10H18FNO6S/c1-5-9(14)8(11)10(15)7(18-5)3-4-19(16,17)12-6(2)13/h5,7-10,14-15H,3-4H2,1-2H3,(H,12,13)/t5?,7?,8?,9-,10-/m1/s1. The first kappa shape index (κ1) is 16.3. The van der Waals surface area contributed by atoms with Crippen molar-refractivity contribution >= 4 is 15.9 Å². The normalized spacial score (nSPS) is 35.9. The topological polar surface area (TPSA) is 113 Å². The summed E-state index contributed by atoms with van der Waals surface area (Å²) >= 11 is 0. The number of ether oxygens (including phenoxy) is 1. The predicted octanol–water partition coefficient (Wildman–Crippen LogP) is -1.31. The number of hydrogen-bond donors (Lipinski definition) is 3. The third kappa shape index (κ3) is 4.37. The first-order valence-corrected chi connectivity index (χ1v) is 7.46. The number of alkyl halides is 1. The van der Waals surface area contributed by atoms with Gasteiger partial charge in [0.05, 0.1) is 18.0 Å². The van der Waals surface area contributed by atoms with Gasteiger partial charge in [-0.1, -0.05) is 0 Å². The van der Waals surface area contributed by atoms with Crippen LogP contribution in [0.1, 0.15) is 20.3 Å². The summed E-state index contributed by atoms with van der Waals surface area (Å²) in [7, 11) is -3.83. The Hall–Kier alpha value is -0.770. The fraction of sp³-hybridized carbons (Fsp3) is 0.900. The quantitative estimate of drug-likeness (QED) is 0.594. The molecule has 0 aromatic carbocycles. The van der Waals surface area contributed by atoms with Gasteiger partial charge in [0, 0.05) is 6.92 Å². The Labute approximate surface area is 110 Å². The molecule has 0 saturated carbocycles. The molecular formula is C10H18FNO6S. The zero-order valence-electron chi connectivity index (χ0n) is 10.6. The van der Waals surface area contributed by atoms with Gasteiger partial charge in [0.1, 0.15) is 12.2 Å². The van der Waals surface area contributed by atoms with Crippen LogP contribution in [0.2, 0.25) is 0 Å². The van der Waals surface area contributed by atoms with E-state index in [1.807, 2.05) is 0 Å². The van der Waals surface area contributed by atoms with Crippen molar-refractivity contribution in [1.82, 2.24) is 4.72 Å². The van der Waals surface area contributed by atoms with E-state index in [1.54, 1.807) is 4.72 Å². The first-order valence-electron chi connectivity index (χ1n) is 5.81. The summed E-state index contributed by atoms with van der Waals surface area (Å²) < 4.78 is 43.2. The van der Waals surface area contributed by atoms with Crippen molar-refractivity contribution in [3.63, 3.8) is 0 Å². The number of hydrogen-bond acceptors (Lipinski definition) is 6. The Balaban J connectivity index is 2.60. The second-order valence-corrected chi connectivity index (χ2v) is 6.41. The number of rotatable bonds is 4. The number of carbonyl (C=O) groups is 1. The number of halogens is 1. The predicted molar refractivity (Wildman–Crippen MR) is 63.5 cm³/mol. The maximum atomic E-state index is 13.5. The molecule has 1 rings (SSSR count). The van der Waals surface area contributed by atoms with Crippen molar-refractivity contribution in [2.24, 2.45) is 0 Å². The summed E-state index contributed by atoms with van der Waals surface area (Å²) in [6.07, 6.45) is -7.00. The summed E-state index contributed by atoms with van der Waals surface area (Å²) in [4.78, 5) is 10.7.